The van der Waals surface area contributed by atoms with E-state index in [-0.39, 0.29) is 28.6 Å². The first kappa shape index (κ1) is 26.2. The minimum atomic E-state index is -0.328. The van der Waals surface area contributed by atoms with Crippen molar-refractivity contribution in [2.24, 2.45) is 0 Å². The number of allylic oxidation sites excluding steroid dienone is 8. The van der Waals surface area contributed by atoms with E-state index >= 15 is 0 Å². The second kappa shape index (κ2) is 12.1. The first-order valence-electron chi connectivity index (χ1n) is 10.7. The average molecular weight is 425 g/mol. The third-order valence-corrected chi connectivity index (χ3v) is 5.33. The lowest BCUT2D eigenvalue weighted by molar-refractivity contribution is -0.111. The molecule has 0 aromatic heterocycles. The van der Waals surface area contributed by atoms with Crippen molar-refractivity contribution in [2.75, 3.05) is 0 Å². The second-order valence-electron chi connectivity index (χ2n) is 8.59. The first-order chi connectivity index (χ1) is 14.4. The van der Waals surface area contributed by atoms with Crippen molar-refractivity contribution >= 4 is 11.6 Å². The highest BCUT2D eigenvalue weighted by Crippen LogP contribution is 2.27. The van der Waals surface area contributed by atoms with Gasteiger partial charge in [0.1, 0.15) is 11.5 Å². The number of hydrogen-bond acceptors (Lipinski definition) is 4. The molecule has 2 N–H and O–H groups in total. The van der Waals surface area contributed by atoms with Crippen LogP contribution in [-0.4, -0.2) is 21.8 Å². The molecule has 0 spiro atoms. The molecule has 1 rings (SSSR count). The molecule has 0 saturated heterocycles. The van der Waals surface area contributed by atoms with E-state index in [0.29, 0.717) is 18.4 Å². The predicted octanol–water partition coefficient (Wildman–Crippen LogP) is 7.00. The monoisotopic (exact) mass is 424 g/mol. The Morgan fingerprint density at radius 1 is 0.903 bits per heavy atom. The zero-order valence-electron chi connectivity index (χ0n) is 19.9. The highest BCUT2D eigenvalue weighted by Gasteiger charge is 2.17. The molecule has 0 saturated carbocycles. The van der Waals surface area contributed by atoms with Crippen LogP contribution in [0.3, 0.4) is 0 Å². The van der Waals surface area contributed by atoms with Crippen molar-refractivity contribution in [3.8, 4) is 11.5 Å². The molecule has 31 heavy (non-hydrogen) atoms. The molecule has 4 heteroatoms. The fourth-order valence-electron chi connectivity index (χ4n) is 3.19. The number of rotatable bonds is 10. The van der Waals surface area contributed by atoms with E-state index in [9.17, 15) is 19.8 Å². The number of aromatic hydroxyl groups is 2. The molecule has 0 amide bonds. The lowest BCUT2D eigenvalue weighted by Gasteiger charge is -2.11. The lowest BCUT2D eigenvalue weighted by atomic mass is 9.93. The van der Waals surface area contributed by atoms with Crippen molar-refractivity contribution in [3.05, 3.63) is 69.4 Å². The van der Waals surface area contributed by atoms with Crippen molar-refractivity contribution in [2.45, 2.75) is 74.1 Å². The van der Waals surface area contributed by atoms with Gasteiger partial charge in [-0.3, -0.25) is 9.59 Å². The standard InChI is InChI=1S/C27H36O4/c1-17(2)9-8-10-19(5)15-26(30)23(18(3)4)13-11-20(6)21(7)27(31)24-16-22(28)12-14-25(24)29/h9,12,14-16,28-29H,8,10-11,13H2,1-7H3/b19-15+,21-20+. The van der Waals surface area contributed by atoms with Gasteiger partial charge in [0.15, 0.2) is 11.6 Å². The number of carbonyl (C=O) groups is 2. The van der Waals surface area contributed by atoms with E-state index in [2.05, 4.69) is 19.9 Å². The summed E-state index contributed by atoms with van der Waals surface area (Å²) in [6.45, 7) is 13.5. The average Bonchev–Trinajstić information content (AvgIpc) is 2.67. The number of benzene rings is 1. The van der Waals surface area contributed by atoms with Crippen LogP contribution in [0.25, 0.3) is 0 Å². The van der Waals surface area contributed by atoms with Gasteiger partial charge < -0.3 is 10.2 Å². The molecule has 0 aliphatic rings. The van der Waals surface area contributed by atoms with Gasteiger partial charge in [0, 0.05) is 0 Å². The topological polar surface area (TPSA) is 74.6 Å². The molecule has 168 valence electrons. The Hall–Kier alpha value is -2.88. The maximum Gasteiger partial charge on any atom is 0.192 e. The van der Waals surface area contributed by atoms with Crippen LogP contribution < -0.4 is 0 Å². The van der Waals surface area contributed by atoms with E-state index in [1.165, 1.54) is 23.8 Å². The van der Waals surface area contributed by atoms with Crippen molar-refractivity contribution in [1.29, 1.82) is 0 Å². The van der Waals surface area contributed by atoms with E-state index < -0.39 is 0 Å². The van der Waals surface area contributed by atoms with Crippen molar-refractivity contribution < 1.29 is 19.8 Å². The molecule has 4 nitrogen and oxygen atoms in total. The molecule has 1 aromatic carbocycles. The fraction of sp³-hybridized carbons (Fsp3) is 0.407. The first-order valence-corrected chi connectivity index (χ1v) is 10.7. The van der Waals surface area contributed by atoms with Crippen LogP contribution in [0.4, 0.5) is 0 Å². The number of phenolic OH excluding ortho intramolecular Hbond substituents is 2. The number of carbonyl (C=O) groups excluding carboxylic acids is 2. The van der Waals surface area contributed by atoms with Gasteiger partial charge in [-0.25, -0.2) is 0 Å². The molecule has 0 unspecified atom stereocenters. The normalized spacial score (nSPS) is 12.2. The van der Waals surface area contributed by atoms with Gasteiger partial charge in [-0.05, 0) is 110 Å². The van der Waals surface area contributed by atoms with Crippen LogP contribution in [0.1, 0.15) is 84.5 Å². The van der Waals surface area contributed by atoms with Gasteiger partial charge in [-0.1, -0.05) is 28.4 Å². The SMILES string of the molecule is CC(C)=CCC/C(C)=C/C(=O)C(CC/C(C)=C(\C)C(=O)c1cc(O)ccc1O)=C(C)C. The number of hydrogen-bond donors (Lipinski definition) is 2. The Labute approximate surface area is 186 Å². The van der Waals surface area contributed by atoms with Gasteiger partial charge in [0.2, 0.25) is 0 Å². The van der Waals surface area contributed by atoms with Crippen molar-refractivity contribution in [3.63, 3.8) is 0 Å². The molecule has 0 fully saturated rings. The van der Waals surface area contributed by atoms with E-state index in [1.54, 1.807) is 13.0 Å². The molecule has 1 aromatic rings. The summed E-state index contributed by atoms with van der Waals surface area (Å²) in [4.78, 5) is 25.6. The third-order valence-electron chi connectivity index (χ3n) is 5.33. The summed E-state index contributed by atoms with van der Waals surface area (Å²) in [5.41, 5.74) is 5.50. The van der Waals surface area contributed by atoms with Crippen LogP contribution >= 0.6 is 0 Å². The minimum Gasteiger partial charge on any atom is -0.508 e. The van der Waals surface area contributed by atoms with Gasteiger partial charge >= 0.3 is 0 Å². The largest absolute Gasteiger partial charge is 0.508 e. The summed E-state index contributed by atoms with van der Waals surface area (Å²) in [6.07, 6.45) is 6.78. The maximum absolute atomic E-state index is 12.8. The Balaban J connectivity index is 2.94. The summed E-state index contributed by atoms with van der Waals surface area (Å²) >= 11 is 0. The number of Topliss-reactive ketones (excluding diaryl/α,β-unsaturated/α-hetero) is 1. The zero-order chi connectivity index (χ0) is 23.7. The van der Waals surface area contributed by atoms with Crippen molar-refractivity contribution in [1.82, 2.24) is 0 Å². The highest BCUT2D eigenvalue weighted by atomic mass is 16.3. The summed E-state index contributed by atoms with van der Waals surface area (Å²) in [5.74, 6) is -0.539. The Morgan fingerprint density at radius 3 is 2.13 bits per heavy atom. The highest BCUT2D eigenvalue weighted by molar-refractivity contribution is 6.10. The van der Waals surface area contributed by atoms with Crippen LogP contribution in [0.2, 0.25) is 0 Å². The zero-order valence-corrected chi connectivity index (χ0v) is 19.9. The Kier molecular flexibility index (Phi) is 10.2. The van der Waals surface area contributed by atoms with E-state index in [4.69, 9.17) is 0 Å². The lowest BCUT2D eigenvalue weighted by Crippen LogP contribution is -2.06. The van der Waals surface area contributed by atoms with Crippen LogP contribution in [0.15, 0.2) is 63.8 Å². The molecule has 0 aliphatic heterocycles. The molecule has 0 atom stereocenters. The Morgan fingerprint density at radius 2 is 1.55 bits per heavy atom. The van der Waals surface area contributed by atoms with E-state index in [0.717, 1.165) is 35.1 Å². The summed E-state index contributed by atoms with van der Waals surface area (Å²) in [6, 6.07) is 3.90. The van der Waals surface area contributed by atoms with E-state index in [1.807, 2.05) is 27.7 Å². The molecular weight excluding hydrogens is 388 g/mol. The van der Waals surface area contributed by atoms with Gasteiger partial charge in [0.05, 0.1) is 5.56 Å². The number of ketones is 2. The van der Waals surface area contributed by atoms with Crippen LogP contribution in [0.5, 0.6) is 11.5 Å². The van der Waals surface area contributed by atoms with Gasteiger partial charge in [-0.2, -0.15) is 0 Å². The van der Waals surface area contributed by atoms with Crippen LogP contribution in [0, 0.1) is 0 Å². The molecule has 0 radical (unpaired) electrons. The van der Waals surface area contributed by atoms with Gasteiger partial charge in [0.25, 0.3) is 0 Å². The molecule has 0 heterocycles. The summed E-state index contributed by atoms with van der Waals surface area (Å²) in [5, 5.41) is 19.6. The summed E-state index contributed by atoms with van der Waals surface area (Å²) < 4.78 is 0. The second-order valence-corrected chi connectivity index (χ2v) is 8.59. The van der Waals surface area contributed by atoms with Crippen LogP contribution in [-0.2, 0) is 4.79 Å². The smallest absolute Gasteiger partial charge is 0.192 e. The number of phenols is 2. The fourth-order valence-corrected chi connectivity index (χ4v) is 3.19. The summed E-state index contributed by atoms with van der Waals surface area (Å²) in [7, 11) is 0. The minimum absolute atomic E-state index is 0.0251. The molecule has 0 aliphatic carbocycles. The Bertz CT molecular complexity index is 947. The third kappa shape index (κ3) is 8.41. The quantitative estimate of drug-likeness (QED) is 0.184. The van der Waals surface area contributed by atoms with Gasteiger partial charge in [-0.15, -0.1) is 0 Å². The molecule has 0 bridgehead atoms. The maximum atomic E-state index is 12.8. The molecular formula is C27H36O4. The predicted molar refractivity (Wildman–Crippen MR) is 128 cm³/mol.